The van der Waals surface area contributed by atoms with E-state index in [0.717, 1.165) is 33.7 Å². The van der Waals surface area contributed by atoms with Crippen molar-refractivity contribution in [1.82, 2.24) is 39.4 Å². The highest BCUT2D eigenvalue weighted by Crippen LogP contribution is 2.54. The molecule has 29 heavy (non-hydrogen) atoms. The average molecular weight is 402 g/mol. The van der Waals surface area contributed by atoms with E-state index in [2.05, 4.69) is 25.5 Å². The van der Waals surface area contributed by atoms with Gasteiger partial charge in [-0.2, -0.15) is 33.0 Å². The zero-order chi connectivity index (χ0) is 20.3. The monoisotopic (exact) mass is 402 g/mol. The van der Waals surface area contributed by atoms with E-state index in [9.17, 15) is 13.2 Å². The maximum atomic E-state index is 12.5. The number of aryl methyl sites for hydroxylation is 2. The largest absolute Gasteiger partial charge is 0.408 e. The lowest BCUT2D eigenvalue weighted by Gasteiger charge is -2.04. The van der Waals surface area contributed by atoms with Crippen LogP contribution in [0.2, 0.25) is 0 Å². The van der Waals surface area contributed by atoms with Crippen molar-refractivity contribution >= 4 is 5.65 Å². The molecule has 0 saturated heterocycles. The molecule has 2 unspecified atom stereocenters. The Kier molecular flexibility index (Phi) is 3.77. The first-order chi connectivity index (χ1) is 13.8. The number of fused-ring (bicyclic) bond motifs is 1. The molecular weight excluding hydrogens is 385 g/mol. The summed E-state index contributed by atoms with van der Waals surface area (Å²) in [5.74, 6) is 0.997. The fourth-order valence-electron chi connectivity index (χ4n) is 3.67. The minimum absolute atomic E-state index is 0.135. The predicted molar refractivity (Wildman–Crippen MR) is 96.1 cm³/mol. The highest BCUT2D eigenvalue weighted by molar-refractivity contribution is 5.57. The standard InChI is InChI=1S/C18H17F3N8/c1-10-23-24-17-4-3-14(26-29(10)17)16-6-15(25-27(16)2)13-5-12(13)11-7-22-28(8-11)9-18(19,20)21/h3-4,6-8,12-13H,5,9H2,1-2H3. The van der Waals surface area contributed by atoms with Crippen LogP contribution in [0.5, 0.6) is 0 Å². The minimum atomic E-state index is -4.28. The zero-order valence-corrected chi connectivity index (χ0v) is 15.7. The Morgan fingerprint density at radius 1 is 1.14 bits per heavy atom. The van der Waals surface area contributed by atoms with E-state index >= 15 is 0 Å². The van der Waals surface area contributed by atoms with Gasteiger partial charge >= 0.3 is 6.18 Å². The van der Waals surface area contributed by atoms with E-state index in [1.807, 2.05) is 32.2 Å². The van der Waals surface area contributed by atoms with Gasteiger partial charge in [-0.05, 0) is 43.0 Å². The number of halogens is 3. The highest BCUT2D eigenvalue weighted by atomic mass is 19.4. The van der Waals surface area contributed by atoms with Crippen molar-refractivity contribution in [2.75, 3.05) is 0 Å². The molecule has 4 heterocycles. The van der Waals surface area contributed by atoms with E-state index in [0.29, 0.717) is 11.5 Å². The maximum absolute atomic E-state index is 12.5. The van der Waals surface area contributed by atoms with Gasteiger partial charge < -0.3 is 0 Å². The first-order valence-electron chi connectivity index (χ1n) is 9.11. The normalized spacial score (nSPS) is 19.2. The van der Waals surface area contributed by atoms with Gasteiger partial charge in [-0.25, -0.2) is 0 Å². The van der Waals surface area contributed by atoms with E-state index in [1.54, 1.807) is 9.20 Å². The fraction of sp³-hybridized carbons (Fsp3) is 0.389. The molecule has 0 radical (unpaired) electrons. The van der Waals surface area contributed by atoms with Crippen LogP contribution in [-0.2, 0) is 13.6 Å². The molecule has 1 aliphatic carbocycles. The molecule has 4 aromatic heterocycles. The summed E-state index contributed by atoms with van der Waals surface area (Å²) in [6.45, 7) is 0.758. The van der Waals surface area contributed by atoms with Crippen LogP contribution in [0.1, 0.15) is 35.3 Å². The molecule has 0 spiro atoms. The van der Waals surface area contributed by atoms with Crippen LogP contribution in [0, 0.1) is 6.92 Å². The molecule has 0 N–H and O–H groups in total. The van der Waals surface area contributed by atoms with Crippen molar-refractivity contribution in [3.8, 4) is 11.4 Å². The molecule has 0 bridgehead atoms. The molecule has 2 atom stereocenters. The minimum Gasteiger partial charge on any atom is -0.266 e. The van der Waals surface area contributed by atoms with Gasteiger partial charge in [0, 0.05) is 19.2 Å². The molecule has 0 amide bonds. The molecule has 1 fully saturated rings. The molecule has 11 heteroatoms. The van der Waals surface area contributed by atoms with Crippen LogP contribution in [0.25, 0.3) is 17.0 Å². The van der Waals surface area contributed by atoms with Gasteiger partial charge in [-0.15, -0.1) is 10.2 Å². The number of alkyl halides is 3. The molecule has 0 aliphatic heterocycles. The molecule has 1 aliphatic rings. The Balaban J connectivity index is 1.38. The molecule has 8 nitrogen and oxygen atoms in total. The highest BCUT2D eigenvalue weighted by Gasteiger charge is 2.42. The van der Waals surface area contributed by atoms with Gasteiger partial charge in [0.15, 0.2) is 11.5 Å². The molecular formula is C18H17F3N8. The summed E-state index contributed by atoms with van der Waals surface area (Å²) < 4.78 is 42.0. The Bertz CT molecular complexity index is 1200. The number of hydrogen-bond acceptors (Lipinski definition) is 5. The Labute approximate surface area is 163 Å². The van der Waals surface area contributed by atoms with Gasteiger partial charge in [0.25, 0.3) is 0 Å². The van der Waals surface area contributed by atoms with Crippen molar-refractivity contribution in [2.24, 2.45) is 7.05 Å². The Hall–Kier alpha value is -3.24. The third kappa shape index (κ3) is 3.26. The second kappa shape index (κ2) is 6.13. The molecule has 1 saturated carbocycles. The van der Waals surface area contributed by atoms with Crippen molar-refractivity contribution in [1.29, 1.82) is 0 Å². The van der Waals surface area contributed by atoms with Crippen LogP contribution in [0.15, 0.2) is 30.6 Å². The second-order valence-corrected chi connectivity index (χ2v) is 7.35. The van der Waals surface area contributed by atoms with Crippen molar-refractivity contribution < 1.29 is 13.2 Å². The molecule has 150 valence electrons. The van der Waals surface area contributed by atoms with Gasteiger partial charge in [0.05, 0.1) is 17.6 Å². The summed E-state index contributed by atoms with van der Waals surface area (Å²) in [5, 5.41) is 21.1. The lowest BCUT2D eigenvalue weighted by atomic mass is 10.1. The molecule has 0 aromatic carbocycles. The van der Waals surface area contributed by atoms with Gasteiger partial charge in [0.1, 0.15) is 12.2 Å². The average Bonchev–Trinajstić information content (AvgIpc) is 2.95. The van der Waals surface area contributed by atoms with E-state index in [-0.39, 0.29) is 11.8 Å². The second-order valence-electron chi connectivity index (χ2n) is 7.35. The smallest absolute Gasteiger partial charge is 0.266 e. The van der Waals surface area contributed by atoms with Crippen LogP contribution < -0.4 is 0 Å². The number of nitrogens with zero attached hydrogens (tertiary/aromatic N) is 8. The molecule has 5 rings (SSSR count). The SMILES string of the molecule is Cc1nnc2ccc(-c3cc(C4CC4c4cnn(CC(F)(F)F)c4)nn3C)nn12. The quantitative estimate of drug-likeness (QED) is 0.525. The first kappa shape index (κ1) is 17.8. The summed E-state index contributed by atoms with van der Waals surface area (Å²) in [6.07, 6.45) is -0.443. The maximum Gasteiger partial charge on any atom is 0.408 e. The van der Waals surface area contributed by atoms with Crippen molar-refractivity contribution in [2.45, 2.75) is 37.9 Å². The fourth-order valence-corrected chi connectivity index (χ4v) is 3.67. The number of rotatable bonds is 4. The summed E-state index contributed by atoms with van der Waals surface area (Å²) >= 11 is 0. The lowest BCUT2D eigenvalue weighted by molar-refractivity contribution is -0.142. The lowest BCUT2D eigenvalue weighted by Crippen LogP contribution is -2.17. The zero-order valence-electron chi connectivity index (χ0n) is 15.7. The van der Waals surface area contributed by atoms with E-state index in [4.69, 9.17) is 0 Å². The van der Waals surface area contributed by atoms with E-state index < -0.39 is 12.7 Å². The van der Waals surface area contributed by atoms with Crippen LogP contribution >= 0.6 is 0 Å². The van der Waals surface area contributed by atoms with Crippen LogP contribution in [0.3, 0.4) is 0 Å². The van der Waals surface area contributed by atoms with Crippen LogP contribution in [0.4, 0.5) is 13.2 Å². The Morgan fingerprint density at radius 3 is 2.76 bits per heavy atom. The third-order valence-electron chi connectivity index (χ3n) is 5.17. The van der Waals surface area contributed by atoms with Gasteiger partial charge in [0.2, 0.25) is 0 Å². The van der Waals surface area contributed by atoms with Crippen LogP contribution in [-0.4, -0.2) is 45.5 Å². The van der Waals surface area contributed by atoms with Crippen molar-refractivity contribution in [3.05, 3.63) is 47.7 Å². The summed E-state index contributed by atoms with van der Waals surface area (Å²) in [6, 6.07) is 5.71. The van der Waals surface area contributed by atoms with Gasteiger partial charge in [-0.1, -0.05) is 0 Å². The van der Waals surface area contributed by atoms with Crippen molar-refractivity contribution in [3.63, 3.8) is 0 Å². The topological polar surface area (TPSA) is 78.7 Å². The summed E-state index contributed by atoms with van der Waals surface area (Å²) in [4.78, 5) is 0. The number of hydrogen-bond donors (Lipinski definition) is 0. The summed E-state index contributed by atoms with van der Waals surface area (Å²) in [5.41, 5.74) is 3.99. The third-order valence-corrected chi connectivity index (χ3v) is 5.17. The summed E-state index contributed by atoms with van der Waals surface area (Å²) in [7, 11) is 1.85. The Morgan fingerprint density at radius 2 is 1.97 bits per heavy atom. The van der Waals surface area contributed by atoms with E-state index in [1.165, 1.54) is 12.4 Å². The predicted octanol–water partition coefficient (Wildman–Crippen LogP) is 2.86. The molecule has 4 aromatic rings. The number of aromatic nitrogens is 8. The van der Waals surface area contributed by atoms with Gasteiger partial charge in [-0.3, -0.25) is 9.36 Å². The first-order valence-corrected chi connectivity index (χ1v) is 9.11.